The molecule has 0 unspecified atom stereocenters. The normalized spacial score (nSPS) is 11.4. The molecule has 0 saturated heterocycles. The van der Waals surface area contributed by atoms with Crippen molar-refractivity contribution in [2.24, 2.45) is 0 Å². The lowest BCUT2D eigenvalue weighted by molar-refractivity contribution is -0.114. The number of nitrogens with zero attached hydrogens (tertiary/aromatic N) is 3. The molecule has 4 nitrogen and oxygen atoms in total. The topological polar surface area (TPSA) is 47.8 Å². The predicted molar refractivity (Wildman–Crippen MR) is 35.4 cm³/mol. The maximum atomic E-state index is 10.4. The summed E-state index contributed by atoms with van der Waals surface area (Å²) in [4.78, 5) is 10.4. The van der Waals surface area contributed by atoms with E-state index in [-0.39, 0.29) is 0 Å². The molecule has 0 saturated carbocycles. The number of hydrogen-bond donors (Lipinski definition) is 0. The molecule has 0 fully saturated rings. The number of hydrogen-bond acceptors (Lipinski definition) is 3. The molecule has 0 radical (unpaired) electrons. The van der Waals surface area contributed by atoms with Gasteiger partial charge in [0.05, 0.1) is 6.20 Å². The molecule has 0 aliphatic heterocycles. The van der Waals surface area contributed by atoms with E-state index in [4.69, 9.17) is 0 Å². The molecular weight excluding hydrogens is 130 g/mol. The van der Waals surface area contributed by atoms with Crippen molar-refractivity contribution in [3.63, 3.8) is 0 Å². The van der Waals surface area contributed by atoms with Crippen LogP contribution in [0.4, 0.5) is 0 Å². The molecule has 0 amide bonds. The van der Waals surface area contributed by atoms with Crippen LogP contribution in [-0.2, 0) is 10.3 Å². The molecule has 0 atom stereocenters. The Hall–Kier alpha value is -1.19. The summed E-state index contributed by atoms with van der Waals surface area (Å²) in [5.41, 5.74) is -0.573. The van der Waals surface area contributed by atoms with Gasteiger partial charge in [-0.25, -0.2) is 4.68 Å². The van der Waals surface area contributed by atoms with Gasteiger partial charge in [-0.2, -0.15) is 0 Å². The van der Waals surface area contributed by atoms with Crippen molar-refractivity contribution in [2.45, 2.75) is 19.4 Å². The summed E-state index contributed by atoms with van der Waals surface area (Å²) in [6, 6.07) is 0. The minimum atomic E-state index is -0.573. The minimum Gasteiger partial charge on any atom is -0.301 e. The van der Waals surface area contributed by atoms with Crippen molar-refractivity contribution in [3.8, 4) is 0 Å². The van der Waals surface area contributed by atoms with Crippen LogP contribution in [0, 0.1) is 0 Å². The zero-order valence-corrected chi connectivity index (χ0v) is 5.98. The second-order valence-electron chi connectivity index (χ2n) is 2.62. The van der Waals surface area contributed by atoms with Crippen molar-refractivity contribution in [1.29, 1.82) is 0 Å². The van der Waals surface area contributed by atoms with Gasteiger partial charge in [0.25, 0.3) is 0 Å². The highest BCUT2D eigenvalue weighted by molar-refractivity contribution is 5.59. The molecule has 0 spiro atoms. The zero-order chi connectivity index (χ0) is 7.61. The van der Waals surface area contributed by atoms with Crippen LogP contribution in [0.3, 0.4) is 0 Å². The Morgan fingerprint density at radius 2 is 2.30 bits per heavy atom. The van der Waals surface area contributed by atoms with Gasteiger partial charge >= 0.3 is 0 Å². The highest BCUT2D eigenvalue weighted by Crippen LogP contribution is 2.07. The van der Waals surface area contributed by atoms with Gasteiger partial charge in [-0.3, -0.25) is 0 Å². The first-order chi connectivity index (χ1) is 4.67. The molecule has 0 bridgehead atoms. The monoisotopic (exact) mass is 139 g/mol. The molecule has 1 aromatic heterocycles. The van der Waals surface area contributed by atoms with Gasteiger partial charge in [-0.05, 0) is 13.8 Å². The van der Waals surface area contributed by atoms with E-state index >= 15 is 0 Å². The molecule has 1 heterocycles. The molecule has 1 aromatic rings. The van der Waals surface area contributed by atoms with Crippen molar-refractivity contribution in [3.05, 3.63) is 12.4 Å². The largest absolute Gasteiger partial charge is 0.301 e. The standard InChI is InChI=1S/C6H9N3O/c1-6(2,5-10)9-4-3-7-8-9/h3-5H,1-2H3. The summed E-state index contributed by atoms with van der Waals surface area (Å²) < 4.78 is 1.51. The van der Waals surface area contributed by atoms with E-state index in [2.05, 4.69) is 10.3 Å². The first kappa shape index (κ1) is 6.92. The van der Waals surface area contributed by atoms with Gasteiger partial charge in [0.15, 0.2) is 0 Å². The quantitative estimate of drug-likeness (QED) is 0.550. The van der Waals surface area contributed by atoms with Gasteiger partial charge in [0.2, 0.25) is 0 Å². The molecule has 0 aromatic carbocycles. The third-order valence-corrected chi connectivity index (χ3v) is 1.30. The Bertz CT molecular complexity index is 215. The molecule has 54 valence electrons. The van der Waals surface area contributed by atoms with E-state index < -0.39 is 5.54 Å². The van der Waals surface area contributed by atoms with Crippen LogP contribution in [-0.4, -0.2) is 21.3 Å². The zero-order valence-electron chi connectivity index (χ0n) is 5.98. The van der Waals surface area contributed by atoms with Crippen molar-refractivity contribution < 1.29 is 4.79 Å². The van der Waals surface area contributed by atoms with Crippen LogP contribution in [0.25, 0.3) is 0 Å². The van der Waals surface area contributed by atoms with Crippen LogP contribution in [0.15, 0.2) is 12.4 Å². The summed E-state index contributed by atoms with van der Waals surface area (Å²) in [6.07, 6.45) is 4.04. The van der Waals surface area contributed by atoms with Gasteiger partial charge in [-0.15, -0.1) is 5.10 Å². The van der Waals surface area contributed by atoms with E-state index in [9.17, 15) is 4.79 Å². The molecular formula is C6H9N3O. The van der Waals surface area contributed by atoms with E-state index in [1.165, 1.54) is 4.68 Å². The predicted octanol–water partition coefficient (Wildman–Crippen LogP) is 0.212. The van der Waals surface area contributed by atoms with Crippen LogP contribution in [0.5, 0.6) is 0 Å². The molecule has 4 heteroatoms. The van der Waals surface area contributed by atoms with Crippen molar-refractivity contribution >= 4 is 6.29 Å². The molecule has 0 aliphatic carbocycles. The lowest BCUT2D eigenvalue weighted by Gasteiger charge is -2.15. The lowest BCUT2D eigenvalue weighted by atomic mass is 10.1. The van der Waals surface area contributed by atoms with Crippen LogP contribution >= 0.6 is 0 Å². The summed E-state index contributed by atoms with van der Waals surface area (Å²) in [5, 5.41) is 7.28. The maximum absolute atomic E-state index is 10.4. The van der Waals surface area contributed by atoms with E-state index in [0.717, 1.165) is 6.29 Å². The van der Waals surface area contributed by atoms with E-state index in [1.54, 1.807) is 26.2 Å². The van der Waals surface area contributed by atoms with Gasteiger partial charge < -0.3 is 4.79 Å². The van der Waals surface area contributed by atoms with Gasteiger partial charge in [-0.1, -0.05) is 5.21 Å². The van der Waals surface area contributed by atoms with Crippen LogP contribution in [0.1, 0.15) is 13.8 Å². The molecule has 0 aliphatic rings. The highest BCUT2D eigenvalue weighted by Gasteiger charge is 2.18. The molecule has 1 rings (SSSR count). The Labute approximate surface area is 58.8 Å². The SMILES string of the molecule is CC(C)(C=O)n1ccnn1. The maximum Gasteiger partial charge on any atom is 0.147 e. The molecule has 0 N–H and O–H groups in total. The smallest absolute Gasteiger partial charge is 0.147 e. The number of carbonyl (C=O) groups is 1. The average Bonchev–Trinajstić information content (AvgIpc) is 2.38. The number of rotatable bonds is 2. The van der Waals surface area contributed by atoms with Gasteiger partial charge in [0, 0.05) is 6.20 Å². The second kappa shape index (κ2) is 2.21. The fourth-order valence-corrected chi connectivity index (χ4v) is 0.570. The average molecular weight is 139 g/mol. The van der Waals surface area contributed by atoms with Crippen molar-refractivity contribution in [2.75, 3.05) is 0 Å². The Balaban J connectivity index is 2.95. The van der Waals surface area contributed by atoms with Crippen LogP contribution < -0.4 is 0 Å². The third kappa shape index (κ3) is 1.05. The summed E-state index contributed by atoms with van der Waals surface area (Å²) in [6.45, 7) is 3.54. The first-order valence-electron chi connectivity index (χ1n) is 3.00. The van der Waals surface area contributed by atoms with Crippen LogP contribution in [0.2, 0.25) is 0 Å². The summed E-state index contributed by atoms with van der Waals surface area (Å²) in [7, 11) is 0. The van der Waals surface area contributed by atoms with Gasteiger partial charge in [0.1, 0.15) is 11.8 Å². The van der Waals surface area contributed by atoms with E-state index in [1.807, 2.05) is 0 Å². The third-order valence-electron chi connectivity index (χ3n) is 1.30. The highest BCUT2D eigenvalue weighted by atomic mass is 16.1. The Morgan fingerprint density at radius 1 is 1.60 bits per heavy atom. The minimum absolute atomic E-state index is 0.573. The summed E-state index contributed by atoms with van der Waals surface area (Å²) >= 11 is 0. The lowest BCUT2D eigenvalue weighted by Crippen LogP contribution is -2.28. The number of aldehydes is 1. The Kier molecular flexibility index (Phi) is 1.53. The van der Waals surface area contributed by atoms with E-state index in [0.29, 0.717) is 0 Å². The number of carbonyl (C=O) groups excluding carboxylic acids is 1. The first-order valence-corrected chi connectivity index (χ1v) is 3.00. The number of aromatic nitrogens is 3. The summed E-state index contributed by atoms with van der Waals surface area (Å²) in [5.74, 6) is 0. The fraction of sp³-hybridized carbons (Fsp3) is 0.500. The molecule has 10 heavy (non-hydrogen) atoms. The fourth-order valence-electron chi connectivity index (χ4n) is 0.570. The Morgan fingerprint density at radius 3 is 2.70 bits per heavy atom. The van der Waals surface area contributed by atoms with Crippen molar-refractivity contribution in [1.82, 2.24) is 15.0 Å². The second-order valence-corrected chi connectivity index (χ2v) is 2.62.